The average molecular weight is 486 g/mol. The van der Waals surface area contributed by atoms with E-state index in [1.165, 1.54) is 18.2 Å². The Labute approximate surface area is 186 Å². The molecule has 0 fully saturated rings. The highest BCUT2D eigenvalue weighted by Crippen LogP contribution is 2.27. The van der Waals surface area contributed by atoms with Crippen LogP contribution in [0.15, 0.2) is 76.8 Å². The first-order valence-electron chi connectivity index (χ1n) is 8.80. The summed E-state index contributed by atoms with van der Waals surface area (Å²) in [6.07, 6.45) is 1.44. The molecule has 0 aromatic heterocycles. The summed E-state index contributed by atoms with van der Waals surface area (Å²) in [5, 5.41) is 12.7. The number of carbonyl (C=O) groups is 1. The zero-order valence-electron chi connectivity index (χ0n) is 15.5. The summed E-state index contributed by atoms with van der Waals surface area (Å²) in [5.41, 5.74) is 1.61. The molecule has 4 nitrogen and oxygen atoms in total. The standard InChI is InChI=1S/C23H15BrClFN2O2/c24-18-4-9-22(30-14-15-2-1-3-20(26)10-15)16(12-18)11-17(13-27)23(29)28-21-7-5-19(25)6-8-21/h1-12H,14H2,(H,28,29)/b17-11+. The third kappa shape index (κ3) is 5.93. The fourth-order valence-corrected chi connectivity index (χ4v) is 3.09. The Morgan fingerprint density at radius 3 is 2.63 bits per heavy atom. The molecule has 0 aliphatic heterocycles. The quantitative estimate of drug-likeness (QED) is 0.326. The molecule has 0 radical (unpaired) electrons. The van der Waals surface area contributed by atoms with Crippen molar-refractivity contribution in [2.75, 3.05) is 5.32 Å². The molecule has 0 aliphatic carbocycles. The van der Waals surface area contributed by atoms with E-state index in [2.05, 4.69) is 21.2 Å². The molecule has 3 rings (SSSR count). The second-order valence-corrected chi connectivity index (χ2v) is 7.58. The summed E-state index contributed by atoms with van der Waals surface area (Å²) >= 11 is 9.23. The number of carbonyl (C=O) groups excluding carboxylic acids is 1. The molecule has 0 bridgehead atoms. The minimum absolute atomic E-state index is 0.0985. The lowest BCUT2D eigenvalue weighted by molar-refractivity contribution is -0.112. The minimum atomic E-state index is -0.559. The molecule has 7 heteroatoms. The summed E-state index contributed by atoms with van der Waals surface area (Å²) in [4.78, 5) is 12.5. The van der Waals surface area contributed by atoms with Gasteiger partial charge in [-0.15, -0.1) is 0 Å². The third-order valence-electron chi connectivity index (χ3n) is 4.02. The van der Waals surface area contributed by atoms with Gasteiger partial charge in [0.05, 0.1) is 0 Å². The van der Waals surface area contributed by atoms with Crippen LogP contribution in [0.5, 0.6) is 5.75 Å². The fourth-order valence-electron chi connectivity index (χ4n) is 2.59. The number of amides is 1. The molecule has 0 unspecified atom stereocenters. The number of rotatable bonds is 6. The van der Waals surface area contributed by atoms with Crippen molar-refractivity contribution in [1.29, 1.82) is 5.26 Å². The van der Waals surface area contributed by atoms with Crippen LogP contribution in [0.3, 0.4) is 0 Å². The first kappa shape index (κ1) is 21.6. The first-order chi connectivity index (χ1) is 14.4. The number of ether oxygens (including phenoxy) is 1. The molecule has 0 atom stereocenters. The van der Waals surface area contributed by atoms with Crippen molar-refractivity contribution < 1.29 is 13.9 Å². The Hall–Kier alpha value is -3.14. The van der Waals surface area contributed by atoms with E-state index in [9.17, 15) is 14.4 Å². The van der Waals surface area contributed by atoms with Gasteiger partial charge in [0.15, 0.2) is 0 Å². The van der Waals surface area contributed by atoms with Crippen LogP contribution in [-0.2, 0) is 11.4 Å². The number of nitriles is 1. The van der Waals surface area contributed by atoms with Crippen LogP contribution in [0.1, 0.15) is 11.1 Å². The molecule has 0 saturated heterocycles. The van der Waals surface area contributed by atoms with Crippen LogP contribution < -0.4 is 10.1 Å². The summed E-state index contributed by atoms with van der Waals surface area (Å²) < 4.78 is 19.9. The molecule has 0 spiro atoms. The number of nitrogens with zero attached hydrogens (tertiary/aromatic N) is 1. The molecule has 0 aliphatic rings. The van der Waals surface area contributed by atoms with Gasteiger partial charge in [-0.3, -0.25) is 4.79 Å². The topological polar surface area (TPSA) is 62.1 Å². The smallest absolute Gasteiger partial charge is 0.266 e. The Morgan fingerprint density at radius 2 is 1.93 bits per heavy atom. The number of hydrogen-bond donors (Lipinski definition) is 1. The predicted molar refractivity (Wildman–Crippen MR) is 119 cm³/mol. The maximum atomic E-state index is 13.4. The van der Waals surface area contributed by atoms with E-state index in [0.717, 1.165) is 4.47 Å². The molecule has 3 aromatic carbocycles. The van der Waals surface area contributed by atoms with Crippen LogP contribution >= 0.6 is 27.5 Å². The summed E-state index contributed by atoms with van der Waals surface area (Å²) in [6, 6.07) is 19.8. The Balaban J connectivity index is 1.82. The lowest BCUT2D eigenvalue weighted by Crippen LogP contribution is -2.13. The lowest BCUT2D eigenvalue weighted by atomic mass is 10.1. The van der Waals surface area contributed by atoms with Gasteiger partial charge in [0, 0.05) is 20.7 Å². The fraction of sp³-hybridized carbons (Fsp3) is 0.0435. The molecule has 1 N–H and O–H groups in total. The second-order valence-electron chi connectivity index (χ2n) is 6.23. The molecule has 150 valence electrons. The molecule has 0 saturated carbocycles. The summed E-state index contributed by atoms with van der Waals surface area (Å²) in [5.74, 6) is -0.456. The number of halogens is 3. The minimum Gasteiger partial charge on any atom is -0.488 e. The molecule has 0 heterocycles. The number of hydrogen-bond acceptors (Lipinski definition) is 3. The lowest BCUT2D eigenvalue weighted by Gasteiger charge is -2.11. The van der Waals surface area contributed by atoms with Gasteiger partial charge in [0.2, 0.25) is 0 Å². The van der Waals surface area contributed by atoms with Crippen molar-refractivity contribution in [3.63, 3.8) is 0 Å². The van der Waals surface area contributed by atoms with E-state index in [1.807, 2.05) is 6.07 Å². The van der Waals surface area contributed by atoms with Crippen molar-refractivity contribution in [1.82, 2.24) is 0 Å². The van der Waals surface area contributed by atoms with Crippen LogP contribution in [-0.4, -0.2) is 5.91 Å². The van der Waals surface area contributed by atoms with Gasteiger partial charge in [0.1, 0.15) is 29.8 Å². The maximum Gasteiger partial charge on any atom is 0.266 e. The van der Waals surface area contributed by atoms with Crippen LogP contribution in [0.2, 0.25) is 5.02 Å². The molecular weight excluding hydrogens is 471 g/mol. The highest BCUT2D eigenvalue weighted by Gasteiger charge is 2.12. The molecule has 3 aromatic rings. The van der Waals surface area contributed by atoms with Gasteiger partial charge >= 0.3 is 0 Å². The molecular formula is C23H15BrClFN2O2. The highest BCUT2D eigenvalue weighted by atomic mass is 79.9. The Morgan fingerprint density at radius 1 is 1.17 bits per heavy atom. The van der Waals surface area contributed by atoms with E-state index < -0.39 is 5.91 Å². The summed E-state index contributed by atoms with van der Waals surface area (Å²) in [6.45, 7) is 0.138. The van der Waals surface area contributed by atoms with E-state index in [-0.39, 0.29) is 18.0 Å². The number of anilines is 1. The average Bonchev–Trinajstić information content (AvgIpc) is 2.73. The van der Waals surface area contributed by atoms with E-state index >= 15 is 0 Å². The van der Waals surface area contributed by atoms with Crippen LogP contribution in [0.25, 0.3) is 6.08 Å². The largest absolute Gasteiger partial charge is 0.488 e. The SMILES string of the molecule is N#C/C(=C\c1cc(Br)ccc1OCc1cccc(F)c1)C(=O)Nc1ccc(Cl)cc1. The van der Waals surface area contributed by atoms with Crippen LogP contribution in [0, 0.1) is 17.1 Å². The predicted octanol–water partition coefficient (Wildman–Crippen LogP) is 6.37. The Kier molecular flexibility index (Phi) is 7.23. The van der Waals surface area contributed by atoms with Gasteiger partial charge < -0.3 is 10.1 Å². The van der Waals surface area contributed by atoms with Crippen molar-refractivity contribution in [2.24, 2.45) is 0 Å². The second kappa shape index (κ2) is 10.1. The number of benzene rings is 3. The highest BCUT2D eigenvalue weighted by molar-refractivity contribution is 9.10. The zero-order chi connectivity index (χ0) is 21.5. The van der Waals surface area contributed by atoms with Crippen molar-refractivity contribution >= 4 is 45.2 Å². The van der Waals surface area contributed by atoms with Gasteiger partial charge in [-0.1, -0.05) is 39.7 Å². The van der Waals surface area contributed by atoms with E-state index in [0.29, 0.717) is 27.6 Å². The monoisotopic (exact) mass is 484 g/mol. The van der Waals surface area contributed by atoms with Crippen molar-refractivity contribution in [2.45, 2.75) is 6.61 Å². The molecule has 30 heavy (non-hydrogen) atoms. The van der Waals surface area contributed by atoms with Crippen molar-refractivity contribution in [3.05, 3.63) is 98.7 Å². The van der Waals surface area contributed by atoms with E-state index in [4.69, 9.17) is 16.3 Å². The first-order valence-corrected chi connectivity index (χ1v) is 9.97. The van der Waals surface area contributed by atoms with Crippen LogP contribution in [0.4, 0.5) is 10.1 Å². The maximum absolute atomic E-state index is 13.4. The normalized spacial score (nSPS) is 10.9. The van der Waals surface area contributed by atoms with E-state index in [1.54, 1.807) is 54.6 Å². The summed E-state index contributed by atoms with van der Waals surface area (Å²) in [7, 11) is 0. The van der Waals surface area contributed by atoms with Gasteiger partial charge in [0.25, 0.3) is 5.91 Å². The van der Waals surface area contributed by atoms with Gasteiger partial charge in [-0.25, -0.2) is 4.39 Å². The Bertz CT molecular complexity index is 1140. The molecule has 1 amide bonds. The van der Waals surface area contributed by atoms with Gasteiger partial charge in [-0.05, 0) is 66.2 Å². The van der Waals surface area contributed by atoms with Gasteiger partial charge in [-0.2, -0.15) is 5.26 Å². The van der Waals surface area contributed by atoms with Crippen molar-refractivity contribution in [3.8, 4) is 11.8 Å². The zero-order valence-corrected chi connectivity index (χ0v) is 17.9. The number of nitrogens with one attached hydrogen (secondary N) is 1. The third-order valence-corrected chi connectivity index (χ3v) is 4.77.